The highest BCUT2D eigenvalue weighted by atomic mass is 16.6. The normalized spacial score (nSPS) is 10.9. The first-order chi connectivity index (χ1) is 15.9. The summed E-state index contributed by atoms with van der Waals surface area (Å²) in [5, 5.41) is 23.9. The summed E-state index contributed by atoms with van der Waals surface area (Å²) in [5.74, 6) is 1.28. The van der Waals surface area contributed by atoms with Crippen molar-refractivity contribution in [3.63, 3.8) is 0 Å². The molecule has 0 aliphatic carbocycles. The number of aliphatic hydroxyl groups excluding tert-OH is 1. The number of hydrogen-bond acceptors (Lipinski definition) is 9. The van der Waals surface area contributed by atoms with E-state index in [9.17, 15) is 15.2 Å². The van der Waals surface area contributed by atoms with Crippen LogP contribution in [0.2, 0.25) is 0 Å². The SMILES string of the molecule is COc1cc(N(C)CCO)c([N+](=O)[O-])cc1Nc1nccc(-c2nc3ccccc3n2C)n1. The van der Waals surface area contributed by atoms with Crippen LogP contribution in [-0.4, -0.2) is 56.9 Å². The molecule has 0 atom stereocenters. The zero-order chi connectivity index (χ0) is 23.5. The first kappa shape index (κ1) is 22.0. The number of anilines is 3. The number of imidazole rings is 1. The number of aryl methyl sites for hydroxylation is 1. The smallest absolute Gasteiger partial charge is 0.294 e. The molecular weight excluding hydrogens is 426 g/mol. The molecule has 0 aliphatic heterocycles. The number of rotatable bonds is 8. The van der Waals surface area contributed by atoms with Crippen molar-refractivity contribution in [2.24, 2.45) is 7.05 Å². The Hall–Kier alpha value is -4.25. The van der Waals surface area contributed by atoms with Gasteiger partial charge in [0, 0.05) is 39.0 Å². The summed E-state index contributed by atoms with van der Waals surface area (Å²) in [6, 6.07) is 12.4. The van der Waals surface area contributed by atoms with Crippen molar-refractivity contribution in [1.82, 2.24) is 19.5 Å². The van der Waals surface area contributed by atoms with Gasteiger partial charge in [0.1, 0.15) is 17.1 Å². The van der Waals surface area contributed by atoms with E-state index in [2.05, 4.69) is 20.3 Å². The molecule has 11 heteroatoms. The van der Waals surface area contributed by atoms with Gasteiger partial charge >= 0.3 is 0 Å². The van der Waals surface area contributed by atoms with E-state index >= 15 is 0 Å². The van der Waals surface area contributed by atoms with Crippen LogP contribution in [0.5, 0.6) is 5.75 Å². The van der Waals surface area contributed by atoms with Crippen molar-refractivity contribution >= 4 is 34.0 Å². The summed E-state index contributed by atoms with van der Waals surface area (Å²) in [4.78, 5) is 26.3. The number of nitro benzene ring substituents is 1. The molecule has 0 unspecified atom stereocenters. The minimum absolute atomic E-state index is 0.138. The van der Waals surface area contributed by atoms with Crippen LogP contribution < -0.4 is 15.0 Å². The molecule has 11 nitrogen and oxygen atoms in total. The molecule has 0 spiro atoms. The third-order valence-electron chi connectivity index (χ3n) is 5.26. The monoisotopic (exact) mass is 449 g/mol. The molecule has 0 bridgehead atoms. The zero-order valence-electron chi connectivity index (χ0n) is 18.4. The number of nitro groups is 1. The van der Waals surface area contributed by atoms with Gasteiger partial charge in [-0.15, -0.1) is 0 Å². The third-order valence-corrected chi connectivity index (χ3v) is 5.26. The highest BCUT2D eigenvalue weighted by Gasteiger charge is 2.22. The van der Waals surface area contributed by atoms with E-state index in [4.69, 9.17) is 4.74 Å². The van der Waals surface area contributed by atoms with Gasteiger partial charge in [0.25, 0.3) is 5.69 Å². The molecular formula is C22H23N7O4. The fourth-order valence-corrected chi connectivity index (χ4v) is 3.59. The van der Waals surface area contributed by atoms with Crippen molar-refractivity contribution in [1.29, 1.82) is 0 Å². The third kappa shape index (κ3) is 4.26. The number of aliphatic hydroxyl groups is 1. The van der Waals surface area contributed by atoms with Gasteiger partial charge < -0.3 is 24.6 Å². The lowest BCUT2D eigenvalue weighted by Crippen LogP contribution is -2.22. The number of hydrogen-bond donors (Lipinski definition) is 2. The number of nitrogens with zero attached hydrogens (tertiary/aromatic N) is 6. The van der Waals surface area contributed by atoms with Gasteiger partial charge in [-0.25, -0.2) is 15.0 Å². The quantitative estimate of drug-likeness (QED) is 0.308. The van der Waals surface area contributed by atoms with Gasteiger partial charge in [-0.05, 0) is 18.2 Å². The standard InChI is InChI=1S/C22H23N7O4/c1-27(10-11-30)18-13-20(33-3)16(12-19(18)29(31)32)26-22-23-9-8-15(25-22)21-24-14-6-4-5-7-17(14)28(21)2/h4-9,12-13,30H,10-11H2,1-3H3,(H,23,25,26). The van der Waals surface area contributed by atoms with Crippen molar-refractivity contribution in [2.75, 3.05) is 37.5 Å². The highest BCUT2D eigenvalue weighted by Crippen LogP contribution is 2.39. The Bertz CT molecular complexity index is 1320. The number of para-hydroxylation sites is 2. The number of likely N-dealkylation sites (N-methyl/N-ethyl adjacent to an activating group) is 1. The Kier molecular flexibility index (Phi) is 6.05. The molecule has 4 rings (SSSR count). The summed E-state index contributed by atoms with van der Waals surface area (Å²) in [5.41, 5.74) is 2.95. The largest absolute Gasteiger partial charge is 0.494 e. The van der Waals surface area contributed by atoms with E-state index in [0.29, 0.717) is 28.6 Å². The summed E-state index contributed by atoms with van der Waals surface area (Å²) in [6.45, 7) is 0.0960. The van der Waals surface area contributed by atoms with Crippen molar-refractivity contribution in [3.8, 4) is 17.3 Å². The van der Waals surface area contributed by atoms with Crippen molar-refractivity contribution in [2.45, 2.75) is 0 Å². The molecule has 0 aliphatic rings. The average Bonchev–Trinajstić information content (AvgIpc) is 3.15. The molecule has 2 aromatic heterocycles. The van der Waals surface area contributed by atoms with Gasteiger partial charge in [-0.1, -0.05) is 12.1 Å². The Morgan fingerprint density at radius 1 is 1.24 bits per heavy atom. The van der Waals surface area contributed by atoms with E-state index in [0.717, 1.165) is 11.0 Å². The summed E-state index contributed by atoms with van der Waals surface area (Å²) >= 11 is 0. The Morgan fingerprint density at radius 2 is 2.03 bits per heavy atom. The number of aromatic nitrogens is 4. The molecule has 2 N–H and O–H groups in total. The minimum atomic E-state index is -0.482. The Morgan fingerprint density at radius 3 is 2.73 bits per heavy atom. The number of benzene rings is 2. The van der Waals surface area contributed by atoms with E-state index in [1.54, 1.807) is 30.3 Å². The topological polar surface area (TPSA) is 131 Å². The van der Waals surface area contributed by atoms with Crippen LogP contribution >= 0.6 is 0 Å². The lowest BCUT2D eigenvalue weighted by Gasteiger charge is -2.20. The van der Waals surface area contributed by atoms with E-state index in [1.807, 2.05) is 35.9 Å². The second kappa shape index (κ2) is 9.09. The van der Waals surface area contributed by atoms with Crippen LogP contribution in [-0.2, 0) is 7.05 Å². The molecule has 0 saturated heterocycles. The molecule has 33 heavy (non-hydrogen) atoms. The lowest BCUT2D eigenvalue weighted by atomic mass is 10.2. The molecule has 0 amide bonds. The molecule has 2 aromatic carbocycles. The molecule has 0 fully saturated rings. The molecule has 2 heterocycles. The Balaban J connectivity index is 1.72. The molecule has 0 radical (unpaired) electrons. The van der Waals surface area contributed by atoms with Crippen LogP contribution in [0.3, 0.4) is 0 Å². The fraction of sp³-hybridized carbons (Fsp3) is 0.227. The maximum absolute atomic E-state index is 11.7. The maximum atomic E-state index is 11.7. The molecule has 0 saturated carbocycles. The van der Waals surface area contributed by atoms with Gasteiger partial charge in [0.15, 0.2) is 5.82 Å². The van der Waals surface area contributed by atoms with Crippen LogP contribution in [0.15, 0.2) is 48.7 Å². The summed E-state index contributed by atoms with van der Waals surface area (Å²) in [7, 11) is 5.04. The summed E-state index contributed by atoms with van der Waals surface area (Å²) in [6.07, 6.45) is 1.59. The van der Waals surface area contributed by atoms with Crippen LogP contribution in [0, 0.1) is 10.1 Å². The van der Waals surface area contributed by atoms with E-state index in [1.165, 1.54) is 13.2 Å². The molecule has 170 valence electrons. The van der Waals surface area contributed by atoms with Crippen molar-refractivity contribution < 1.29 is 14.8 Å². The first-order valence-corrected chi connectivity index (χ1v) is 10.1. The number of ether oxygens (including phenoxy) is 1. The Labute approximate surface area is 189 Å². The van der Waals surface area contributed by atoms with Gasteiger partial charge in [0.2, 0.25) is 5.95 Å². The first-order valence-electron chi connectivity index (χ1n) is 10.1. The number of nitrogens with one attached hydrogen (secondary N) is 1. The second-order valence-corrected chi connectivity index (χ2v) is 7.32. The predicted octanol–water partition coefficient (Wildman–Crippen LogP) is 3.12. The highest BCUT2D eigenvalue weighted by molar-refractivity contribution is 5.80. The zero-order valence-corrected chi connectivity index (χ0v) is 18.4. The minimum Gasteiger partial charge on any atom is -0.494 e. The van der Waals surface area contributed by atoms with Crippen LogP contribution in [0.4, 0.5) is 23.0 Å². The summed E-state index contributed by atoms with van der Waals surface area (Å²) < 4.78 is 7.39. The van der Waals surface area contributed by atoms with Crippen molar-refractivity contribution in [3.05, 3.63) is 58.8 Å². The van der Waals surface area contributed by atoms with E-state index < -0.39 is 4.92 Å². The van der Waals surface area contributed by atoms with Gasteiger partial charge in [-0.2, -0.15) is 0 Å². The molecule has 4 aromatic rings. The average molecular weight is 449 g/mol. The van der Waals surface area contributed by atoms with Gasteiger partial charge in [0.05, 0.1) is 35.4 Å². The number of fused-ring (bicyclic) bond motifs is 1. The van der Waals surface area contributed by atoms with Crippen LogP contribution in [0.1, 0.15) is 0 Å². The second-order valence-electron chi connectivity index (χ2n) is 7.32. The van der Waals surface area contributed by atoms with E-state index in [-0.39, 0.29) is 24.8 Å². The maximum Gasteiger partial charge on any atom is 0.294 e. The fourth-order valence-electron chi connectivity index (χ4n) is 3.59. The predicted molar refractivity (Wildman–Crippen MR) is 125 cm³/mol. The lowest BCUT2D eigenvalue weighted by molar-refractivity contribution is -0.384. The van der Waals surface area contributed by atoms with Crippen LogP contribution in [0.25, 0.3) is 22.6 Å². The number of methoxy groups -OCH3 is 1. The van der Waals surface area contributed by atoms with Gasteiger partial charge in [-0.3, -0.25) is 10.1 Å².